The Morgan fingerprint density at radius 2 is 2.00 bits per heavy atom. The molecule has 0 saturated carbocycles. The van der Waals surface area contributed by atoms with E-state index in [1.165, 1.54) is 0 Å². The number of rotatable bonds is 7. The van der Waals surface area contributed by atoms with E-state index in [0.29, 0.717) is 6.04 Å². The Balaban J connectivity index is 2.63. The van der Waals surface area contributed by atoms with Gasteiger partial charge in [-0.25, -0.2) is 0 Å². The summed E-state index contributed by atoms with van der Waals surface area (Å²) in [6.45, 7) is 3.88. The number of ether oxygens (including phenoxy) is 2. The van der Waals surface area contributed by atoms with Crippen LogP contribution >= 0.6 is 0 Å². The lowest BCUT2D eigenvalue weighted by molar-refractivity contribution is 0.388. The lowest BCUT2D eigenvalue weighted by atomic mass is 10.1. The molecular formula is C13H22N2O2. The van der Waals surface area contributed by atoms with E-state index in [1.807, 2.05) is 25.2 Å². The monoisotopic (exact) mass is 238 g/mol. The minimum Gasteiger partial charge on any atom is -0.497 e. The third-order valence-electron chi connectivity index (χ3n) is 2.65. The maximum Gasteiger partial charge on any atom is 0.127 e. The van der Waals surface area contributed by atoms with Crippen molar-refractivity contribution in [3.8, 4) is 11.5 Å². The minimum absolute atomic E-state index is 0.423. The average Bonchev–Trinajstić information content (AvgIpc) is 2.36. The molecule has 0 aromatic heterocycles. The van der Waals surface area contributed by atoms with Crippen LogP contribution in [0.15, 0.2) is 18.2 Å². The first kappa shape index (κ1) is 13.8. The highest BCUT2D eigenvalue weighted by Crippen LogP contribution is 2.24. The maximum atomic E-state index is 5.34. The summed E-state index contributed by atoms with van der Waals surface area (Å²) in [6, 6.07) is 6.30. The van der Waals surface area contributed by atoms with E-state index in [-0.39, 0.29) is 0 Å². The van der Waals surface area contributed by atoms with Gasteiger partial charge < -0.3 is 20.1 Å². The SMILES string of the molecule is CNCC(C)NCc1ccc(OC)cc1OC. The fraction of sp³-hybridized carbons (Fsp3) is 0.538. The molecule has 0 radical (unpaired) electrons. The molecule has 0 bridgehead atoms. The lowest BCUT2D eigenvalue weighted by Gasteiger charge is -2.15. The molecule has 1 unspecified atom stereocenters. The summed E-state index contributed by atoms with van der Waals surface area (Å²) in [4.78, 5) is 0. The van der Waals surface area contributed by atoms with E-state index in [1.54, 1.807) is 14.2 Å². The molecule has 0 spiro atoms. The van der Waals surface area contributed by atoms with Crippen LogP contribution in [-0.4, -0.2) is 33.9 Å². The summed E-state index contributed by atoms with van der Waals surface area (Å²) in [5, 5.41) is 6.57. The number of methoxy groups -OCH3 is 2. The second-order valence-electron chi connectivity index (χ2n) is 4.02. The van der Waals surface area contributed by atoms with E-state index in [2.05, 4.69) is 17.6 Å². The van der Waals surface area contributed by atoms with Crippen LogP contribution in [0.3, 0.4) is 0 Å². The van der Waals surface area contributed by atoms with Crippen molar-refractivity contribution < 1.29 is 9.47 Å². The van der Waals surface area contributed by atoms with Crippen molar-refractivity contribution in [1.82, 2.24) is 10.6 Å². The number of likely N-dealkylation sites (N-methyl/N-ethyl adjacent to an activating group) is 1. The highest BCUT2D eigenvalue weighted by atomic mass is 16.5. The zero-order valence-electron chi connectivity index (χ0n) is 11.0. The summed E-state index contributed by atoms with van der Waals surface area (Å²) in [5.74, 6) is 1.67. The summed E-state index contributed by atoms with van der Waals surface area (Å²) < 4.78 is 10.5. The van der Waals surface area contributed by atoms with Gasteiger partial charge in [0, 0.05) is 30.8 Å². The van der Waals surface area contributed by atoms with E-state index in [4.69, 9.17) is 9.47 Å². The molecule has 17 heavy (non-hydrogen) atoms. The lowest BCUT2D eigenvalue weighted by Crippen LogP contribution is -2.34. The van der Waals surface area contributed by atoms with Gasteiger partial charge in [0.15, 0.2) is 0 Å². The molecule has 4 heteroatoms. The summed E-state index contributed by atoms with van der Waals surface area (Å²) in [5.41, 5.74) is 1.14. The number of hydrogen-bond donors (Lipinski definition) is 2. The van der Waals surface area contributed by atoms with Crippen molar-refractivity contribution in [1.29, 1.82) is 0 Å². The van der Waals surface area contributed by atoms with Gasteiger partial charge >= 0.3 is 0 Å². The smallest absolute Gasteiger partial charge is 0.127 e. The fourth-order valence-electron chi connectivity index (χ4n) is 1.66. The van der Waals surface area contributed by atoms with Gasteiger partial charge in [0.2, 0.25) is 0 Å². The van der Waals surface area contributed by atoms with Crippen LogP contribution in [0.2, 0.25) is 0 Å². The first-order chi connectivity index (χ1) is 8.21. The number of benzene rings is 1. The molecule has 2 N–H and O–H groups in total. The molecule has 0 fully saturated rings. The Morgan fingerprint density at radius 1 is 1.24 bits per heavy atom. The molecule has 1 aromatic carbocycles. The standard InChI is InChI=1S/C13H22N2O2/c1-10(8-14-2)15-9-11-5-6-12(16-3)7-13(11)17-4/h5-7,10,14-15H,8-9H2,1-4H3. The van der Waals surface area contributed by atoms with Crippen molar-refractivity contribution in [3.05, 3.63) is 23.8 Å². The molecule has 0 aliphatic carbocycles. The van der Waals surface area contributed by atoms with Crippen molar-refractivity contribution in [2.75, 3.05) is 27.8 Å². The zero-order valence-corrected chi connectivity index (χ0v) is 11.0. The molecule has 4 nitrogen and oxygen atoms in total. The molecule has 96 valence electrons. The third-order valence-corrected chi connectivity index (χ3v) is 2.65. The molecular weight excluding hydrogens is 216 g/mol. The predicted molar refractivity (Wildman–Crippen MR) is 69.8 cm³/mol. The summed E-state index contributed by atoms with van der Waals surface area (Å²) >= 11 is 0. The second-order valence-corrected chi connectivity index (χ2v) is 4.02. The molecule has 1 aromatic rings. The Labute approximate surface area is 103 Å². The Hall–Kier alpha value is -1.26. The van der Waals surface area contributed by atoms with Gasteiger partial charge in [-0.05, 0) is 20.0 Å². The Bertz CT molecular complexity index is 342. The van der Waals surface area contributed by atoms with Crippen LogP contribution in [0.4, 0.5) is 0 Å². The highest BCUT2D eigenvalue weighted by Gasteiger charge is 2.06. The van der Waals surface area contributed by atoms with E-state index < -0.39 is 0 Å². The average molecular weight is 238 g/mol. The molecule has 0 saturated heterocycles. The van der Waals surface area contributed by atoms with Crippen LogP contribution in [-0.2, 0) is 6.54 Å². The van der Waals surface area contributed by atoms with Crippen LogP contribution < -0.4 is 20.1 Å². The van der Waals surface area contributed by atoms with Crippen LogP contribution in [0.5, 0.6) is 11.5 Å². The van der Waals surface area contributed by atoms with Gasteiger partial charge in [-0.1, -0.05) is 6.07 Å². The van der Waals surface area contributed by atoms with Gasteiger partial charge in [0.25, 0.3) is 0 Å². The summed E-state index contributed by atoms with van der Waals surface area (Å²) in [6.07, 6.45) is 0. The van der Waals surface area contributed by atoms with Crippen LogP contribution in [0.25, 0.3) is 0 Å². The fourth-order valence-corrected chi connectivity index (χ4v) is 1.66. The van der Waals surface area contributed by atoms with Crippen molar-refractivity contribution in [3.63, 3.8) is 0 Å². The Morgan fingerprint density at radius 3 is 2.59 bits per heavy atom. The molecule has 0 aliphatic heterocycles. The van der Waals surface area contributed by atoms with Crippen molar-refractivity contribution in [2.24, 2.45) is 0 Å². The molecule has 1 atom stereocenters. The molecule has 0 heterocycles. The normalized spacial score (nSPS) is 12.2. The largest absolute Gasteiger partial charge is 0.497 e. The van der Waals surface area contributed by atoms with E-state index >= 15 is 0 Å². The van der Waals surface area contributed by atoms with E-state index in [0.717, 1.165) is 30.2 Å². The molecule has 1 rings (SSSR count). The highest BCUT2D eigenvalue weighted by molar-refractivity contribution is 5.40. The van der Waals surface area contributed by atoms with Gasteiger partial charge in [-0.15, -0.1) is 0 Å². The van der Waals surface area contributed by atoms with Crippen LogP contribution in [0.1, 0.15) is 12.5 Å². The van der Waals surface area contributed by atoms with Gasteiger partial charge in [-0.2, -0.15) is 0 Å². The molecule has 0 amide bonds. The van der Waals surface area contributed by atoms with Crippen molar-refractivity contribution >= 4 is 0 Å². The number of nitrogens with one attached hydrogen (secondary N) is 2. The van der Waals surface area contributed by atoms with Crippen molar-refractivity contribution in [2.45, 2.75) is 19.5 Å². The maximum absolute atomic E-state index is 5.34. The zero-order chi connectivity index (χ0) is 12.7. The predicted octanol–water partition coefficient (Wildman–Crippen LogP) is 1.40. The third kappa shape index (κ3) is 4.24. The van der Waals surface area contributed by atoms with Crippen LogP contribution in [0, 0.1) is 0 Å². The van der Waals surface area contributed by atoms with Gasteiger partial charge in [0.1, 0.15) is 11.5 Å². The quantitative estimate of drug-likeness (QED) is 0.753. The topological polar surface area (TPSA) is 42.5 Å². The first-order valence-electron chi connectivity index (χ1n) is 5.80. The molecule has 0 aliphatic rings. The van der Waals surface area contributed by atoms with Gasteiger partial charge in [0.05, 0.1) is 14.2 Å². The van der Waals surface area contributed by atoms with Gasteiger partial charge in [-0.3, -0.25) is 0 Å². The number of hydrogen-bond acceptors (Lipinski definition) is 4. The Kier molecular flexibility index (Phi) is 5.80. The summed E-state index contributed by atoms with van der Waals surface area (Å²) in [7, 11) is 5.28. The second kappa shape index (κ2) is 7.14. The minimum atomic E-state index is 0.423. The van der Waals surface area contributed by atoms with E-state index in [9.17, 15) is 0 Å². The first-order valence-corrected chi connectivity index (χ1v) is 5.80.